The van der Waals surface area contributed by atoms with Gasteiger partial charge in [-0.2, -0.15) is 0 Å². The Labute approximate surface area is 313 Å². The third-order valence-electron chi connectivity index (χ3n) is 8.61. The molecule has 3 atom stereocenters. The van der Waals surface area contributed by atoms with Gasteiger partial charge in [-0.15, -0.1) is 5.92 Å². The number of carbonyl (C=O) groups is 4. The predicted octanol–water partition coefficient (Wildman–Crippen LogP) is 6.76. The third-order valence-corrected chi connectivity index (χ3v) is 8.61. The highest BCUT2D eigenvalue weighted by molar-refractivity contribution is 5.94. The zero-order valence-electron chi connectivity index (χ0n) is 33.2. The Balaban J connectivity index is 3.14. The summed E-state index contributed by atoms with van der Waals surface area (Å²) in [5.74, 6) is 3.22. The SMILES string of the molecule is CC#CCOc1ccc(C[C@H](NC(=O)[C@@H](C=CCCCCCCC(=O)CCCCCCC)[C@@](O)(CCOC)C(=O)OC(C)(C)C)C(=O)N(C)C)cc1. The van der Waals surface area contributed by atoms with Crippen molar-refractivity contribution >= 4 is 23.6 Å². The Hall–Kier alpha value is -3.68. The van der Waals surface area contributed by atoms with Gasteiger partial charge in [-0.3, -0.25) is 14.4 Å². The molecule has 0 aromatic heterocycles. The molecule has 2 amide bonds. The Morgan fingerprint density at radius 3 is 2.12 bits per heavy atom. The summed E-state index contributed by atoms with van der Waals surface area (Å²) in [6.45, 7) is 9.22. The van der Waals surface area contributed by atoms with E-state index in [1.54, 1.807) is 66.1 Å². The van der Waals surface area contributed by atoms with Crippen LogP contribution in [-0.2, 0) is 35.1 Å². The monoisotopic (exact) mass is 726 g/mol. The van der Waals surface area contributed by atoms with Gasteiger partial charge in [0, 0.05) is 53.5 Å². The van der Waals surface area contributed by atoms with Crippen molar-refractivity contribution in [3.8, 4) is 17.6 Å². The molecule has 1 aromatic carbocycles. The van der Waals surface area contributed by atoms with Crippen molar-refractivity contribution in [1.82, 2.24) is 10.2 Å². The third kappa shape index (κ3) is 18.7. The maximum absolute atomic E-state index is 14.1. The molecule has 0 saturated heterocycles. The number of aliphatic hydroxyl groups is 1. The van der Waals surface area contributed by atoms with Crippen LogP contribution in [0.15, 0.2) is 36.4 Å². The Kier molecular flexibility index (Phi) is 22.6. The van der Waals surface area contributed by atoms with E-state index < -0.39 is 35.0 Å². The zero-order valence-corrected chi connectivity index (χ0v) is 33.2. The van der Waals surface area contributed by atoms with Crippen LogP contribution in [0.3, 0.4) is 0 Å². The first-order chi connectivity index (χ1) is 24.7. The van der Waals surface area contributed by atoms with Gasteiger partial charge in [0.15, 0.2) is 5.60 Å². The molecule has 0 aliphatic rings. The number of hydrogen-bond acceptors (Lipinski definition) is 8. The molecule has 10 heteroatoms. The minimum Gasteiger partial charge on any atom is -0.481 e. The van der Waals surface area contributed by atoms with Crippen LogP contribution in [0.1, 0.15) is 124 Å². The Morgan fingerprint density at radius 1 is 0.942 bits per heavy atom. The van der Waals surface area contributed by atoms with E-state index in [0.717, 1.165) is 44.1 Å². The number of esters is 1. The predicted molar refractivity (Wildman–Crippen MR) is 206 cm³/mol. The number of amides is 2. The van der Waals surface area contributed by atoms with Gasteiger partial charge in [0.2, 0.25) is 11.8 Å². The number of allylic oxidation sites excluding steroid dienone is 1. The number of carbonyl (C=O) groups excluding carboxylic acids is 4. The van der Waals surface area contributed by atoms with Crippen LogP contribution in [-0.4, -0.2) is 85.2 Å². The molecule has 0 spiro atoms. The summed E-state index contributed by atoms with van der Waals surface area (Å²) in [5.41, 5.74) is -2.42. The fraction of sp³-hybridized carbons (Fsp3) is 0.667. The molecule has 1 aromatic rings. The summed E-state index contributed by atoms with van der Waals surface area (Å²) < 4.78 is 16.4. The molecular formula is C42H66N2O8. The number of ether oxygens (including phenoxy) is 3. The van der Waals surface area contributed by atoms with Crippen molar-refractivity contribution in [3.05, 3.63) is 42.0 Å². The topological polar surface area (TPSA) is 131 Å². The number of nitrogens with zero attached hydrogens (tertiary/aromatic N) is 1. The van der Waals surface area contributed by atoms with E-state index in [0.29, 0.717) is 30.8 Å². The number of methoxy groups -OCH3 is 1. The molecule has 0 aliphatic heterocycles. The van der Waals surface area contributed by atoms with Crippen LogP contribution >= 0.6 is 0 Å². The van der Waals surface area contributed by atoms with Crippen molar-refractivity contribution in [3.63, 3.8) is 0 Å². The van der Waals surface area contributed by atoms with Gasteiger partial charge in [-0.05, 0) is 71.1 Å². The standard InChI is InChI=1S/C42H66N2O8/c1-9-11-13-16-19-22-34(45)23-20-17-14-15-18-21-24-36(42(49,29-31-50-8)40(48)52-41(3,4)5)38(46)43-37(39(47)44(6)7)32-33-25-27-35(28-26-33)51-30-12-10-2/h21,24-28,36-37,49H,9,11,13-20,22-23,29-32H2,1-8H3,(H,43,46)/t36-,37+,42+/m1/s1. The maximum atomic E-state index is 14.1. The van der Waals surface area contributed by atoms with E-state index in [4.69, 9.17) is 14.2 Å². The molecule has 10 nitrogen and oxygen atoms in total. The van der Waals surface area contributed by atoms with Gasteiger partial charge in [0.1, 0.15) is 29.8 Å². The summed E-state index contributed by atoms with van der Waals surface area (Å²) in [6, 6.07) is 6.19. The number of Topliss-reactive ketones (excluding diaryl/α,β-unsaturated/α-hetero) is 1. The molecule has 0 fully saturated rings. The maximum Gasteiger partial charge on any atom is 0.339 e. The normalized spacial score (nSPS) is 13.7. The van der Waals surface area contributed by atoms with E-state index in [2.05, 4.69) is 24.1 Å². The molecule has 0 radical (unpaired) electrons. The van der Waals surface area contributed by atoms with Gasteiger partial charge in [-0.25, -0.2) is 4.79 Å². The highest BCUT2D eigenvalue weighted by atomic mass is 16.6. The number of nitrogens with one attached hydrogen (secondary N) is 1. The lowest BCUT2D eigenvalue weighted by atomic mass is 9.82. The van der Waals surface area contributed by atoms with Crippen LogP contribution in [0.5, 0.6) is 5.75 Å². The Bertz CT molecular complexity index is 1310. The largest absolute Gasteiger partial charge is 0.481 e. The fourth-order valence-corrected chi connectivity index (χ4v) is 5.62. The lowest BCUT2D eigenvalue weighted by Crippen LogP contribution is -2.57. The zero-order chi connectivity index (χ0) is 39.0. The first-order valence-corrected chi connectivity index (χ1v) is 18.9. The van der Waals surface area contributed by atoms with Crippen LogP contribution in [0.2, 0.25) is 0 Å². The summed E-state index contributed by atoms with van der Waals surface area (Å²) in [7, 11) is 4.65. The van der Waals surface area contributed by atoms with Crippen LogP contribution < -0.4 is 10.1 Å². The molecule has 0 unspecified atom stereocenters. The van der Waals surface area contributed by atoms with Crippen molar-refractivity contribution in [2.45, 2.75) is 142 Å². The van der Waals surface area contributed by atoms with Crippen molar-refractivity contribution in [1.29, 1.82) is 0 Å². The molecule has 2 N–H and O–H groups in total. The van der Waals surface area contributed by atoms with E-state index in [1.807, 2.05) is 12.1 Å². The number of unbranched alkanes of at least 4 members (excludes halogenated alkanes) is 8. The second-order valence-corrected chi connectivity index (χ2v) is 14.6. The van der Waals surface area contributed by atoms with Crippen molar-refractivity contribution < 1.29 is 38.5 Å². The quantitative estimate of drug-likeness (QED) is 0.0464. The first kappa shape index (κ1) is 46.3. The summed E-state index contributed by atoms with van der Waals surface area (Å²) >= 11 is 0. The number of rotatable bonds is 26. The Morgan fingerprint density at radius 2 is 1.56 bits per heavy atom. The van der Waals surface area contributed by atoms with Gasteiger partial charge >= 0.3 is 5.97 Å². The minimum atomic E-state index is -2.27. The van der Waals surface area contributed by atoms with Gasteiger partial charge in [0.05, 0.1) is 5.92 Å². The summed E-state index contributed by atoms with van der Waals surface area (Å²) in [5, 5.41) is 14.8. The minimum absolute atomic E-state index is 0.0108. The second-order valence-electron chi connectivity index (χ2n) is 14.6. The van der Waals surface area contributed by atoms with E-state index >= 15 is 0 Å². The van der Waals surface area contributed by atoms with Gasteiger partial charge < -0.3 is 29.5 Å². The number of likely N-dealkylation sites (N-methyl/N-ethyl adjacent to an activating group) is 1. The molecule has 0 bridgehead atoms. The van der Waals surface area contributed by atoms with E-state index in [-0.39, 0.29) is 32.0 Å². The molecule has 52 heavy (non-hydrogen) atoms. The molecule has 1 rings (SSSR count). The smallest absolute Gasteiger partial charge is 0.339 e. The average molecular weight is 727 g/mol. The summed E-state index contributed by atoms with van der Waals surface area (Å²) in [4.78, 5) is 54.7. The number of benzene rings is 1. The van der Waals surface area contributed by atoms with Gasteiger partial charge in [-0.1, -0.05) is 75.7 Å². The number of ketones is 1. The van der Waals surface area contributed by atoms with Crippen molar-refractivity contribution in [2.24, 2.45) is 5.92 Å². The van der Waals surface area contributed by atoms with E-state index in [9.17, 15) is 24.3 Å². The molecular weight excluding hydrogens is 660 g/mol. The van der Waals surface area contributed by atoms with Crippen LogP contribution in [0, 0.1) is 17.8 Å². The molecule has 0 heterocycles. The average Bonchev–Trinajstić information content (AvgIpc) is 3.09. The summed E-state index contributed by atoms with van der Waals surface area (Å²) in [6.07, 6.45) is 14.3. The first-order valence-electron chi connectivity index (χ1n) is 18.9. The molecule has 0 aliphatic carbocycles. The highest BCUT2D eigenvalue weighted by Crippen LogP contribution is 2.29. The fourth-order valence-electron chi connectivity index (χ4n) is 5.62. The van der Waals surface area contributed by atoms with Crippen molar-refractivity contribution in [2.75, 3.05) is 34.4 Å². The lowest BCUT2D eigenvalue weighted by molar-refractivity contribution is -0.185. The molecule has 0 saturated carbocycles. The second kappa shape index (κ2) is 25.3. The number of hydrogen-bond donors (Lipinski definition) is 2. The van der Waals surface area contributed by atoms with Gasteiger partial charge in [0.25, 0.3) is 0 Å². The molecule has 292 valence electrons. The van der Waals surface area contributed by atoms with Crippen LogP contribution in [0.25, 0.3) is 0 Å². The van der Waals surface area contributed by atoms with Crippen LogP contribution in [0.4, 0.5) is 0 Å². The highest BCUT2D eigenvalue weighted by Gasteiger charge is 2.49. The lowest BCUT2D eigenvalue weighted by Gasteiger charge is -2.35. The van der Waals surface area contributed by atoms with E-state index in [1.165, 1.54) is 31.3 Å².